The van der Waals surface area contributed by atoms with Crippen molar-refractivity contribution in [3.8, 4) is 5.75 Å². The van der Waals surface area contributed by atoms with Crippen molar-refractivity contribution in [1.82, 2.24) is 5.32 Å². The Morgan fingerprint density at radius 3 is 2.89 bits per heavy atom. The van der Waals surface area contributed by atoms with Crippen LogP contribution in [0.15, 0.2) is 24.3 Å². The molecule has 1 aromatic carbocycles. The SMILES string of the molecule is CCOC1Cc2ccccc2OC12CCNCC2. The summed E-state index contributed by atoms with van der Waals surface area (Å²) in [5.74, 6) is 1.05. The number of hydrogen-bond donors (Lipinski definition) is 1. The maximum absolute atomic E-state index is 6.36. The number of fused-ring (bicyclic) bond motifs is 1. The van der Waals surface area contributed by atoms with Gasteiger partial charge in [0.2, 0.25) is 0 Å². The normalized spacial score (nSPS) is 25.5. The standard InChI is InChI=1S/C15H21NO2/c1-2-17-14-11-12-5-3-4-6-13(12)18-15(14)7-9-16-10-8-15/h3-6,14,16H,2,7-11H2,1H3. The van der Waals surface area contributed by atoms with E-state index < -0.39 is 0 Å². The molecule has 0 bridgehead atoms. The van der Waals surface area contributed by atoms with Gasteiger partial charge >= 0.3 is 0 Å². The number of rotatable bonds is 2. The minimum Gasteiger partial charge on any atom is -0.484 e. The second-order valence-corrected chi connectivity index (χ2v) is 5.17. The molecule has 2 aliphatic heterocycles. The molecule has 0 radical (unpaired) electrons. The number of piperidine rings is 1. The lowest BCUT2D eigenvalue weighted by Gasteiger charge is -2.46. The molecule has 3 nitrogen and oxygen atoms in total. The first kappa shape index (κ1) is 12.0. The highest BCUT2D eigenvalue weighted by atomic mass is 16.6. The van der Waals surface area contributed by atoms with E-state index in [-0.39, 0.29) is 11.7 Å². The zero-order chi connectivity index (χ0) is 12.4. The first-order valence-electron chi connectivity index (χ1n) is 6.93. The van der Waals surface area contributed by atoms with Gasteiger partial charge in [-0.15, -0.1) is 0 Å². The molecule has 1 fully saturated rings. The van der Waals surface area contributed by atoms with Crippen molar-refractivity contribution in [2.75, 3.05) is 19.7 Å². The molecule has 1 saturated heterocycles. The van der Waals surface area contributed by atoms with Crippen LogP contribution in [0.5, 0.6) is 5.75 Å². The molecule has 98 valence electrons. The lowest BCUT2D eigenvalue weighted by Crippen LogP contribution is -2.57. The maximum Gasteiger partial charge on any atom is 0.138 e. The summed E-state index contributed by atoms with van der Waals surface area (Å²) < 4.78 is 12.3. The number of nitrogens with one attached hydrogen (secondary N) is 1. The summed E-state index contributed by atoms with van der Waals surface area (Å²) in [7, 11) is 0. The fourth-order valence-corrected chi connectivity index (χ4v) is 3.13. The summed E-state index contributed by atoms with van der Waals surface area (Å²) in [6.07, 6.45) is 3.24. The first-order valence-corrected chi connectivity index (χ1v) is 6.93. The molecule has 2 heterocycles. The first-order chi connectivity index (χ1) is 8.84. The fourth-order valence-electron chi connectivity index (χ4n) is 3.13. The quantitative estimate of drug-likeness (QED) is 0.868. The second-order valence-electron chi connectivity index (χ2n) is 5.17. The molecule has 2 aliphatic rings. The zero-order valence-electron chi connectivity index (χ0n) is 10.9. The summed E-state index contributed by atoms with van der Waals surface area (Å²) in [5, 5.41) is 3.41. The molecule has 0 aliphatic carbocycles. The Balaban J connectivity index is 1.92. The third kappa shape index (κ3) is 2.02. The predicted molar refractivity (Wildman–Crippen MR) is 71.0 cm³/mol. The van der Waals surface area contributed by atoms with E-state index in [2.05, 4.69) is 36.5 Å². The summed E-state index contributed by atoms with van der Waals surface area (Å²) in [6.45, 7) is 4.86. The van der Waals surface area contributed by atoms with Gasteiger partial charge in [-0.25, -0.2) is 0 Å². The van der Waals surface area contributed by atoms with Crippen LogP contribution in [-0.2, 0) is 11.2 Å². The van der Waals surface area contributed by atoms with Crippen LogP contribution in [0, 0.1) is 0 Å². The van der Waals surface area contributed by atoms with E-state index >= 15 is 0 Å². The molecule has 3 rings (SSSR count). The average Bonchev–Trinajstić information content (AvgIpc) is 2.41. The highest BCUT2D eigenvalue weighted by Gasteiger charge is 2.46. The Morgan fingerprint density at radius 1 is 1.33 bits per heavy atom. The van der Waals surface area contributed by atoms with E-state index in [0.717, 1.165) is 44.7 Å². The zero-order valence-corrected chi connectivity index (χ0v) is 10.9. The van der Waals surface area contributed by atoms with Crippen molar-refractivity contribution in [3.05, 3.63) is 29.8 Å². The third-order valence-electron chi connectivity index (χ3n) is 4.10. The fraction of sp³-hybridized carbons (Fsp3) is 0.600. The van der Waals surface area contributed by atoms with Gasteiger partial charge in [0, 0.05) is 25.9 Å². The van der Waals surface area contributed by atoms with Crippen molar-refractivity contribution in [1.29, 1.82) is 0 Å². The maximum atomic E-state index is 6.36. The van der Waals surface area contributed by atoms with Crippen LogP contribution in [-0.4, -0.2) is 31.4 Å². The van der Waals surface area contributed by atoms with Crippen molar-refractivity contribution in [2.24, 2.45) is 0 Å². The molecule has 1 unspecified atom stereocenters. The Bertz CT molecular complexity index is 413. The van der Waals surface area contributed by atoms with Crippen LogP contribution >= 0.6 is 0 Å². The topological polar surface area (TPSA) is 30.5 Å². The number of hydrogen-bond acceptors (Lipinski definition) is 3. The summed E-state index contributed by atoms with van der Waals surface area (Å²) in [4.78, 5) is 0. The molecular weight excluding hydrogens is 226 g/mol. The average molecular weight is 247 g/mol. The van der Waals surface area contributed by atoms with E-state index in [4.69, 9.17) is 9.47 Å². The van der Waals surface area contributed by atoms with E-state index in [0.29, 0.717) is 0 Å². The molecule has 1 spiro atoms. The predicted octanol–water partition coefficient (Wildman–Crippen LogP) is 2.15. The van der Waals surface area contributed by atoms with E-state index in [1.54, 1.807) is 0 Å². The third-order valence-corrected chi connectivity index (χ3v) is 4.10. The van der Waals surface area contributed by atoms with Crippen LogP contribution in [0.1, 0.15) is 25.3 Å². The number of benzene rings is 1. The van der Waals surface area contributed by atoms with Gasteiger partial charge < -0.3 is 14.8 Å². The number of para-hydroxylation sites is 1. The Hall–Kier alpha value is -1.06. The van der Waals surface area contributed by atoms with Gasteiger partial charge in [-0.2, -0.15) is 0 Å². The lowest BCUT2D eigenvalue weighted by atomic mass is 9.81. The van der Waals surface area contributed by atoms with Crippen molar-refractivity contribution < 1.29 is 9.47 Å². The van der Waals surface area contributed by atoms with Gasteiger partial charge in [-0.05, 0) is 31.6 Å². The molecule has 18 heavy (non-hydrogen) atoms. The lowest BCUT2D eigenvalue weighted by molar-refractivity contribution is -0.114. The molecule has 1 aromatic rings. The molecule has 0 saturated carbocycles. The molecule has 0 amide bonds. The molecule has 1 atom stereocenters. The summed E-state index contributed by atoms with van der Waals surface area (Å²) >= 11 is 0. The molecule has 0 aromatic heterocycles. The van der Waals surface area contributed by atoms with Crippen LogP contribution in [0.25, 0.3) is 0 Å². The van der Waals surface area contributed by atoms with Gasteiger partial charge in [-0.3, -0.25) is 0 Å². The van der Waals surface area contributed by atoms with Gasteiger partial charge in [-0.1, -0.05) is 18.2 Å². The van der Waals surface area contributed by atoms with Crippen LogP contribution in [0.2, 0.25) is 0 Å². The van der Waals surface area contributed by atoms with E-state index in [9.17, 15) is 0 Å². The highest BCUT2D eigenvalue weighted by Crippen LogP contribution is 2.39. The number of ether oxygens (including phenoxy) is 2. The van der Waals surface area contributed by atoms with Crippen molar-refractivity contribution in [3.63, 3.8) is 0 Å². The Labute approximate surface area is 108 Å². The van der Waals surface area contributed by atoms with E-state index in [1.807, 2.05) is 0 Å². The van der Waals surface area contributed by atoms with Crippen LogP contribution in [0.4, 0.5) is 0 Å². The smallest absolute Gasteiger partial charge is 0.138 e. The van der Waals surface area contributed by atoms with Crippen LogP contribution in [0.3, 0.4) is 0 Å². The van der Waals surface area contributed by atoms with Gasteiger partial charge in [0.15, 0.2) is 0 Å². The molecule has 3 heteroatoms. The van der Waals surface area contributed by atoms with Crippen molar-refractivity contribution >= 4 is 0 Å². The highest BCUT2D eigenvalue weighted by molar-refractivity contribution is 5.37. The van der Waals surface area contributed by atoms with Gasteiger partial charge in [0.05, 0.1) is 0 Å². The largest absolute Gasteiger partial charge is 0.484 e. The van der Waals surface area contributed by atoms with Gasteiger partial charge in [0.25, 0.3) is 0 Å². The second kappa shape index (κ2) is 4.90. The summed E-state index contributed by atoms with van der Waals surface area (Å²) in [6, 6.07) is 8.36. The summed E-state index contributed by atoms with van der Waals surface area (Å²) in [5.41, 5.74) is 1.16. The monoisotopic (exact) mass is 247 g/mol. The van der Waals surface area contributed by atoms with E-state index in [1.165, 1.54) is 5.56 Å². The van der Waals surface area contributed by atoms with Gasteiger partial charge in [0.1, 0.15) is 17.5 Å². The molecule has 1 N–H and O–H groups in total. The minimum absolute atomic E-state index is 0.115. The van der Waals surface area contributed by atoms with Crippen LogP contribution < -0.4 is 10.1 Å². The van der Waals surface area contributed by atoms with Crippen molar-refractivity contribution in [2.45, 2.75) is 37.9 Å². The Morgan fingerprint density at radius 2 is 2.11 bits per heavy atom. The Kier molecular flexibility index (Phi) is 3.27. The molecular formula is C15H21NO2. The minimum atomic E-state index is -0.115.